The number of nitrogens with zero attached hydrogens (tertiary/aromatic N) is 3. The van der Waals surface area contributed by atoms with Gasteiger partial charge in [-0.1, -0.05) is 50.2 Å². The lowest BCUT2D eigenvalue weighted by Crippen LogP contribution is -2.37. The molecule has 2 heterocycles. The predicted molar refractivity (Wildman–Crippen MR) is 133 cm³/mol. The number of hydrogen-bond acceptors (Lipinski definition) is 5. The molecule has 1 N–H and O–H groups in total. The fourth-order valence-corrected chi connectivity index (χ4v) is 4.75. The topological polar surface area (TPSA) is 86.0 Å². The van der Waals surface area contributed by atoms with Crippen LogP contribution in [0.15, 0.2) is 57.4 Å². The molecule has 0 fully saturated rings. The van der Waals surface area contributed by atoms with Crippen molar-refractivity contribution in [1.82, 2.24) is 14.1 Å². The number of thiazole rings is 1. The maximum Gasteiger partial charge on any atom is 0.330 e. The van der Waals surface area contributed by atoms with E-state index in [1.54, 1.807) is 25.2 Å². The van der Waals surface area contributed by atoms with Crippen molar-refractivity contribution in [1.29, 1.82) is 0 Å². The van der Waals surface area contributed by atoms with Gasteiger partial charge in [0.05, 0.1) is 23.0 Å². The van der Waals surface area contributed by atoms with E-state index in [2.05, 4.69) is 36.3 Å². The van der Waals surface area contributed by atoms with Gasteiger partial charge in [-0.05, 0) is 29.5 Å². The molecule has 0 aliphatic rings. The first-order chi connectivity index (χ1) is 15.8. The summed E-state index contributed by atoms with van der Waals surface area (Å²) >= 11 is 1.37. The second kappa shape index (κ2) is 9.15. The fourth-order valence-electron chi connectivity index (χ4n) is 4.02. The van der Waals surface area contributed by atoms with Crippen molar-refractivity contribution in [3.63, 3.8) is 0 Å². The molecular weight excluding hydrogens is 436 g/mol. The third-order valence-electron chi connectivity index (χ3n) is 5.61. The van der Waals surface area contributed by atoms with E-state index in [1.807, 2.05) is 17.5 Å². The minimum absolute atomic E-state index is 0.00360. The molecule has 2 aromatic heterocycles. The molecule has 170 valence electrons. The van der Waals surface area contributed by atoms with Crippen molar-refractivity contribution in [2.75, 3.05) is 5.32 Å². The molecule has 0 aliphatic carbocycles. The quantitative estimate of drug-likeness (QED) is 0.473. The minimum atomic E-state index is -0.408. The van der Waals surface area contributed by atoms with Crippen LogP contribution in [-0.4, -0.2) is 20.0 Å². The SMILES string of the molecule is CC(C)Cc1ccccc1-c1csc(NC(=O)Cc2cccc3c2c(=O)n(C)c(=O)n3C)n1. The van der Waals surface area contributed by atoms with Crippen LogP contribution in [0.4, 0.5) is 5.13 Å². The molecule has 2 aromatic carbocycles. The number of anilines is 1. The summed E-state index contributed by atoms with van der Waals surface area (Å²) in [5.74, 6) is 0.256. The molecule has 0 aliphatic heterocycles. The first-order valence-electron chi connectivity index (χ1n) is 10.8. The smallest absolute Gasteiger partial charge is 0.302 e. The summed E-state index contributed by atoms with van der Waals surface area (Å²) in [6.45, 7) is 4.36. The van der Waals surface area contributed by atoms with Gasteiger partial charge < -0.3 is 5.32 Å². The highest BCUT2D eigenvalue weighted by Crippen LogP contribution is 2.29. The summed E-state index contributed by atoms with van der Waals surface area (Å²) in [5, 5.41) is 5.68. The average molecular weight is 463 g/mol. The van der Waals surface area contributed by atoms with Crippen LogP contribution in [-0.2, 0) is 31.7 Å². The number of fused-ring (bicyclic) bond motifs is 1. The van der Waals surface area contributed by atoms with Crippen LogP contribution in [0, 0.1) is 5.92 Å². The maximum absolute atomic E-state index is 12.8. The number of aromatic nitrogens is 3. The van der Waals surface area contributed by atoms with Crippen molar-refractivity contribution in [2.45, 2.75) is 26.7 Å². The van der Waals surface area contributed by atoms with Gasteiger partial charge in [0.2, 0.25) is 5.91 Å². The monoisotopic (exact) mass is 462 g/mol. The molecule has 8 heteroatoms. The van der Waals surface area contributed by atoms with Crippen LogP contribution < -0.4 is 16.6 Å². The van der Waals surface area contributed by atoms with Gasteiger partial charge in [0.1, 0.15) is 0 Å². The van der Waals surface area contributed by atoms with Crippen LogP contribution in [0.5, 0.6) is 0 Å². The second-order valence-electron chi connectivity index (χ2n) is 8.53. The van der Waals surface area contributed by atoms with Gasteiger partial charge in [0, 0.05) is 25.0 Å². The Balaban J connectivity index is 1.59. The molecule has 0 atom stereocenters. The van der Waals surface area contributed by atoms with Crippen molar-refractivity contribution in [3.8, 4) is 11.3 Å². The first-order valence-corrected chi connectivity index (χ1v) is 11.7. The molecule has 7 nitrogen and oxygen atoms in total. The summed E-state index contributed by atoms with van der Waals surface area (Å²) in [6, 6.07) is 13.4. The lowest BCUT2D eigenvalue weighted by molar-refractivity contribution is -0.115. The van der Waals surface area contributed by atoms with E-state index in [-0.39, 0.29) is 12.3 Å². The van der Waals surface area contributed by atoms with Gasteiger partial charge in [-0.25, -0.2) is 9.78 Å². The Morgan fingerprint density at radius 1 is 1.03 bits per heavy atom. The molecule has 0 saturated carbocycles. The van der Waals surface area contributed by atoms with E-state index in [1.165, 1.54) is 28.5 Å². The number of carbonyl (C=O) groups excluding carboxylic acids is 1. The molecule has 33 heavy (non-hydrogen) atoms. The van der Waals surface area contributed by atoms with Crippen LogP contribution in [0.1, 0.15) is 25.0 Å². The third-order valence-corrected chi connectivity index (χ3v) is 6.36. The van der Waals surface area contributed by atoms with Gasteiger partial charge in [0.15, 0.2) is 5.13 Å². The van der Waals surface area contributed by atoms with E-state index in [0.717, 1.165) is 22.2 Å². The van der Waals surface area contributed by atoms with Crippen LogP contribution >= 0.6 is 11.3 Å². The Bertz CT molecular complexity index is 1460. The Morgan fingerprint density at radius 3 is 2.52 bits per heavy atom. The molecule has 0 radical (unpaired) electrons. The highest BCUT2D eigenvalue weighted by Gasteiger charge is 2.16. The zero-order chi connectivity index (χ0) is 23.7. The van der Waals surface area contributed by atoms with E-state index < -0.39 is 11.2 Å². The van der Waals surface area contributed by atoms with E-state index in [4.69, 9.17) is 0 Å². The number of nitrogens with one attached hydrogen (secondary N) is 1. The maximum atomic E-state index is 12.8. The van der Waals surface area contributed by atoms with Crippen LogP contribution in [0.25, 0.3) is 22.2 Å². The normalized spacial score (nSPS) is 11.3. The summed E-state index contributed by atoms with van der Waals surface area (Å²) in [6.07, 6.45) is 0.956. The Hall–Kier alpha value is -3.52. The Kier molecular flexibility index (Phi) is 6.29. The number of aryl methyl sites for hydroxylation is 1. The predicted octanol–water partition coefficient (Wildman–Crippen LogP) is 3.74. The largest absolute Gasteiger partial charge is 0.330 e. The molecule has 0 spiro atoms. The molecule has 0 bridgehead atoms. The lowest BCUT2D eigenvalue weighted by Gasteiger charge is -2.11. The average Bonchev–Trinajstić information content (AvgIpc) is 3.24. The minimum Gasteiger partial charge on any atom is -0.302 e. The highest BCUT2D eigenvalue weighted by molar-refractivity contribution is 7.14. The van der Waals surface area contributed by atoms with Crippen molar-refractivity contribution < 1.29 is 4.79 Å². The highest BCUT2D eigenvalue weighted by atomic mass is 32.1. The lowest BCUT2D eigenvalue weighted by atomic mass is 9.97. The number of rotatable bonds is 6. The van der Waals surface area contributed by atoms with Gasteiger partial charge in [-0.2, -0.15) is 0 Å². The van der Waals surface area contributed by atoms with Crippen molar-refractivity contribution in [3.05, 3.63) is 79.8 Å². The van der Waals surface area contributed by atoms with Crippen LogP contribution in [0.2, 0.25) is 0 Å². The molecule has 4 aromatic rings. The van der Waals surface area contributed by atoms with Gasteiger partial charge in [-0.3, -0.25) is 18.7 Å². The van der Waals surface area contributed by atoms with E-state index >= 15 is 0 Å². The first kappa shape index (κ1) is 22.7. The zero-order valence-electron chi connectivity index (χ0n) is 19.1. The van der Waals surface area contributed by atoms with Crippen molar-refractivity contribution in [2.24, 2.45) is 20.0 Å². The molecule has 0 unspecified atom stereocenters. The van der Waals surface area contributed by atoms with Crippen LogP contribution in [0.3, 0.4) is 0 Å². The number of amides is 1. The van der Waals surface area contributed by atoms with Gasteiger partial charge in [-0.15, -0.1) is 11.3 Å². The summed E-state index contributed by atoms with van der Waals surface area (Å²) < 4.78 is 2.48. The zero-order valence-corrected chi connectivity index (χ0v) is 19.9. The summed E-state index contributed by atoms with van der Waals surface area (Å²) in [4.78, 5) is 42.4. The standard InChI is InChI=1S/C25H26N4O3S/c1-15(2)12-16-8-5-6-10-18(16)19-14-33-24(26-19)27-21(30)13-17-9-7-11-20-22(17)23(31)29(4)25(32)28(20)3/h5-11,14-15H,12-13H2,1-4H3,(H,26,27,30). The third kappa shape index (κ3) is 4.52. The second-order valence-corrected chi connectivity index (χ2v) is 9.39. The number of hydrogen-bond donors (Lipinski definition) is 1. The molecule has 0 saturated heterocycles. The van der Waals surface area contributed by atoms with Crippen molar-refractivity contribution >= 4 is 33.3 Å². The van der Waals surface area contributed by atoms with E-state index in [0.29, 0.717) is 27.5 Å². The summed E-state index contributed by atoms with van der Waals surface area (Å²) in [5.41, 5.74) is 3.40. The van der Waals surface area contributed by atoms with E-state index in [9.17, 15) is 14.4 Å². The van der Waals surface area contributed by atoms with Gasteiger partial charge >= 0.3 is 5.69 Å². The summed E-state index contributed by atoms with van der Waals surface area (Å²) in [7, 11) is 3.05. The number of carbonyl (C=O) groups is 1. The molecular formula is C25H26N4O3S. The Morgan fingerprint density at radius 2 is 1.76 bits per heavy atom. The molecule has 1 amide bonds. The number of benzene rings is 2. The fraction of sp³-hybridized carbons (Fsp3) is 0.280. The van der Waals surface area contributed by atoms with Gasteiger partial charge in [0.25, 0.3) is 5.56 Å². The molecule has 4 rings (SSSR count). The Labute approximate surface area is 195 Å².